The van der Waals surface area contributed by atoms with Crippen LogP contribution in [0.25, 0.3) is 0 Å². The van der Waals surface area contributed by atoms with Gasteiger partial charge in [0.05, 0.1) is 5.56 Å². The second-order valence-corrected chi connectivity index (χ2v) is 8.72. The molecule has 1 saturated heterocycles. The number of benzene rings is 2. The highest BCUT2D eigenvalue weighted by molar-refractivity contribution is 6.08. The van der Waals surface area contributed by atoms with E-state index >= 15 is 0 Å². The highest BCUT2D eigenvalue weighted by Gasteiger charge is 2.21. The van der Waals surface area contributed by atoms with Crippen LogP contribution < -0.4 is 15.5 Å². The van der Waals surface area contributed by atoms with Crippen LogP contribution in [-0.4, -0.2) is 30.5 Å². The Morgan fingerprint density at radius 2 is 1.78 bits per heavy atom. The average Bonchev–Trinajstić information content (AvgIpc) is 2.81. The van der Waals surface area contributed by atoms with Crippen LogP contribution in [0.2, 0.25) is 0 Å². The van der Waals surface area contributed by atoms with Crippen molar-refractivity contribution in [2.75, 3.05) is 35.2 Å². The van der Waals surface area contributed by atoms with Gasteiger partial charge in [-0.15, -0.1) is 0 Å². The molecule has 4 rings (SSSR count). The zero-order chi connectivity index (χ0) is 22.3. The lowest BCUT2D eigenvalue weighted by atomic mass is 9.97. The third kappa shape index (κ3) is 5.67. The van der Waals surface area contributed by atoms with Crippen LogP contribution in [-0.2, 0) is 6.42 Å². The predicted molar refractivity (Wildman–Crippen MR) is 133 cm³/mol. The Morgan fingerprint density at radius 1 is 1.03 bits per heavy atom. The van der Waals surface area contributed by atoms with Gasteiger partial charge in [-0.1, -0.05) is 19.1 Å². The lowest BCUT2D eigenvalue weighted by Gasteiger charge is -2.33. The Hall–Kier alpha value is -3.34. The SMILES string of the molecule is Cc1ccc(C(=O)Nc2ccc(NCCc3ccccn3)cc2)c(N2CCC(C)CC2)c1. The molecule has 1 amide bonds. The summed E-state index contributed by atoms with van der Waals surface area (Å²) in [4.78, 5) is 19.8. The van der Waals surface area contributed by atoms with Crippen molar-refractivity contribution in [1.29, 1.82) is 0 Å². The quantitative estimate of drug-likeness (QED) is 0.519. The molecule has 5 nitrogen and oxygen atoms in total. The Labute approximate surface area is 190 Å². The van der Waals surface area contributed by atoms with Gasteiger partial charge in [0.25, 0.3) is 5.91 Å². The van der Waals surface area contributed by atoms with Crippen molar-refractivity contribution in [3.05, 3.63) is 83.7 Å². The normalized spacial score (nSPS) is 14.2. The summed E-state index contributed by atoms with van der Waals surface area (Å²) in [6, 6.07) is 19.9. The third-order valence-corrected chi connectivity index (χ3v) is 6.10. The minimum Gasteiger partial charge on any atom is -0.385 e. The highest BCUT2D eigenvalue weighted by atomic mass is 16.1. The van der Waals surface area contributed by atoms with E-state index in [1.807, 2.05) is 60.8 Å². The van der Waals surface area contributed by atoms with E-state index in [9.17, 15) is 4.79 Å². The monoisotopic (exact) mass is 428 g/mol. The van der Waals surface area contributed by atoms with Crippen molar-refractivity contribution in [2.24, 2.45) is 5.92 Å². The second-order valence-electron chi connectivity index (χ2n) is 8.72. The summed E-state index contributed by atoms with van der Waals surface area (Å²) in [7, 11) is 0. The molecule has 0 unspecified atom stereocenters. The second kappa shape index (κ2) is 10.3. The maximum absolute atomic E-state index is 13.1. The first kappa shape index (κ1) is 21.9. The van der Waals surface area contributed by atoms with E-state index in [0.717, 1.165) is 60.3 Å². The van der Waals surface area contributed by atoms with Crippen molar-refractivity contribution in [1.82, 2.24) is 4.98 Å². The molecule has 0 bridgehead atoms. The number of aryl methyl sites for hydroxylation is 1. The van der Waals surface area contributed by atoms with Crippen LogP contribution in [0.3, 0.4) is 0 Å². The first-order chi connectivity index (χ1) is 15.6. The maximum atomic E-state index is 13.1. The molecule has 0 saturated carbocycles. The van der Waals surface area contributed by atoms with Crippen molar-refractivity contribution >= 4 is 23.0 Å². The molecule has 166 valence electrons. The number of rotatable bonds is 7. The molecule has 2 aromatic carbocycles. The van der Waals surface area contributed by atoms with Gasteiger partial charge < -0.3 is 15.5 Å². The number of aromatic nitrogens is 1. The Balaban J connectivity index is 1.37. The standard InChI is InChI=1S/C27H32N4O/c1-20-13-17-31(18-14-20)26-19-21(2)6-11-25(26)27(32)30-24-9-7-23(8-10-24)29-16-12-22-5-3-4-15-28-22/h3-11,15,19-20,29H,12-14,16-18H2,1-2H3,(H,30,32). The Morgan fingerprint density at radius 3 is 2.50 bits per heavy atom. The summed E-state index contributed by atoms with van der Waals surface area (Å²) in [5, 5.41) is 6.48. The fourth-order valence-electron chi connectivity index (χ4n) is 4.10. The minimum absolute atomic E-state index is 0.0607. The number of piperidine rings is 1. The van der Waals surface area contributed by atoms with Gasteiger partial charge in [-0.05, 0) is 79.8 Å². The molecule has 2 heterocycles. The first-order valence-electron chi connectivity index (χ1n) is 11.5. The zero-order valence-electron chi connectivity index (χ0n) is 19.0. The van der Waals surface area contributed by atoms with Crippen molar-refractivity contribution < 1.29 is 4.79 Å². The molecule has 1 aromatic heterocycles. The van der Waals surface area contributed by atoms with Crippen LogP contribution in [0.4, 0.5) is 17.1 Å². The Bertz CT molecular complexity index is 1030. The van der Waals surface area contributed by atoms with Gasteiger partial charge in [0.2, 0.25) is 0 Å². The third-order valence-electron chi connectivity index (χ3n) is 6.10. The van der Waals surface area contributed by atoms with E-state index in [4.69, 9.17) is 0 Å². The van der Waals surface area contributed by atoms with Gasteiger partial charge in [0, 0.05) is 55.0 Å². The number of anilines is 3. The molecular formula is C27H32N4O. The lowest BCUT2D eigenvalue weighted by molar-refractivity contribution is 0.102. The molecule has 32 heavy (non-hydrogen) atoms. The maximum Gasteiger partial charge on any atom is 0.257 e. The zero-order valence-corrected chi connectivity index (χ0v) is 19.0. The van der Waals surface area contributed by atoms with Crippen molar-refractivity contribution in [2.45, 2.75) is 33.1 Å². The van der Waals surface area contributed by atoms with E-state index < -0.39 is 0 Å². The fraction of sp³-hybridized carbons (Fsp3) is 0.333. The molecular weight excluding hydrogens is 396 g/mol. The summed E-state index contributed by atoms with van der Waals surface area (Å²) in [6.07, 6.45) is 5.02. The van der Waals surface area contributed by atoms with Crippen molar-refractivity contribution in [3.63, 3.8) is 0 Å². The largest absolute Gasteiger partial charge is 0.385 e. The van der Waals surface area contributed by atoms with E-state index in [0.29, 0.717) is 0 Å². The van der Waals surface area contributed by atoms with Gasteiger partial charge in [0.15, 0.2) is 0 Å². The van der Waals surface area contributed by atoms with Gasteiger partial charge in [-0.2, -0.15) is 0 Å². The van der Waals surface area contributed by atoms with Crippen LogP contribution in [0.1, 0.15) is 41.4 Å². The van der Waals surface area contributed by atoms with Crippen LogP contribution in [0, 0.1) is 12.8 Å². The molecule has 0 aliphatic carbocycles. The number of nitrogens with zero attached hydrogens (tertiary/aromatic N) is 2. The number of carbonyl (C=O) groups is 1. The minimum atomic E-state index is -0.0607. The first-order valence-corrected chi connectivity index (χ1v) is 11.5. The summed E-state index contributed by atoms with van der Waals surface area (Å²) >= 11 is 0. The molecule has 0 spiro atoms. The van der Waals surface area contributed by atoms with Gasteiger partial charge in [-0.25, -0.2) is 0 Å². The summed E-state index contributed by atoms with van der Waals surface area (Å²) < 4.78 is 0. The van der Waals surface area contributed by atoms with Gasteiger partial charge in [-0.3, -0.25) is 9.78 Å². The molecule has 0 atom stereocenters. The summed E-state index contributed by atoms with van der Waals surface area (Å²) in [6.45, 7) is 7.20. The summed E-state index contributed by atoms with van der Waals surface area (Å²) in [5.41, 5.74) is 5.85. The van der Waals surface area contributed by atoms with Crippen LogP contribution >= 0.6 is 0 Å². The number of amides is 1. The van der Waals surface area contributed by atoms with E-state index in [-0.39, 0.29) is 5.91 Å². The lowest BCUT2D eigenvalue weighted by Crippen LogP contribution is -2.34. The topological polar surface area (TPSA) is 57.3 Å². The predicted octanol–water partition coefficient (Wildman–Crippen LogP) is 5.53. The fourth-order valence-corrected chi connectivity index (χ4v) is 4.10. The van der Waals surface area contributed by atoms with E-state index in [2.05, 4.69) is 40.4 Å². The smallest absolute Gasteiger partial charge is 0.257 e. The number of hydrogen-bond acceptors (Lipinski definition) is 4. The van der Waals surface area contributed by atoms with Crippen LogP contribution in [0.15, 0.2) is 66.9 Å². The van der Waals surface area contributed by atoms with Gasteiger partial charge in [0.1, 0.15) is 0 Å². The molecule has 5 heteroatoms. The summed E-state index contributed by atoms with van der Waals surface area (Å²) in [5.74, 6) is 0.693. The van der Waals surface area contributed by atoms with Gasteiger partial charge >= 0.3 is 0 Å². The molecule has 0 radical (unpaired) electrons. The van der Waals surface area contributed by atoms with E-state index in [1.165, 1.54) is 18.4 Å². The number of carbonyl (C=O) groups excluding carboxylic acids is 1. The van der Waals surface area contributed by atoms with Crippen LogP contribution in [0.5, 0.6) is 0 Å². The van der Waals surface area contributed by atoms with E-state index in [1.54, 1.807) is 0 Å². The average molecular weight is 429 g/mol. The number of hydrogen-bond donors (Lipinski definition) is 2. The molecule has 1 aliphatic heterocycles. The molecule has 3 aromatic rings. The number of pyridine rings is 1. The molecule has 2 N–H and O–H groups in total. The number of nitrogens with one attached hydrogen (secondary N) is 2. The molecule has 1 aliphatic rings. The molecule has 1 fully saturated rings. The highest BCUT2D eigenvalue weighted by Crippen LogP contribution is 2.28. The van der Waals surface area contributed by atoms with Crippen molar-refractivity contribution in [3.8, 4) is 0 Å². The Kier molecular flexibility index (Phi) is 7.05.